The van der Waals surface area contributed by atoms with Crippen LogP contribution in [0.2, 0.25) is 0 Å². The van der Waals surface area contributed by atoms with E-state index in [9.17, 15) is 9.18 Å². The Morgan fingerprint density at radius 3 is 2.67 bits per heavy atom. The Balaban J connectivity index is 1.70. The molecular formula is C18H18FNO. The van der Waals surface area contributed by atoms with E-state index in [-0.39, 0.29) is 11.7 Å². The zero-order valence-electron chi connectivity index (χ0n) is 11.8. The average Bonchev–Trinajstić information content (AvgIpc) is 2.51. The van der Waals surface area contributed by atoms with Gasteiger partial charge >= 0.3 is 0 Å². The van der Waals surface area contributed by atoms with Gasteiger partial charge in [-0.05, 0) is 42.2 Å². The molecule has 108 valence electrons. The van der Waals surface area contributed by atoms with Crippen LogP contribution in [0, 0.1) is 5.82 Å². The number of benzene rings is 2. The zero-order chi connectivity index (χ0) is 14.9. The number of aryl methyl sites for hydroxylation is 1. The monoisotopic (exact) mass is 283 g/mol. The maximum absolute atomic E-state index is 13.0. The quantitative estimate of drug-likeness (QED) is 0.637. The lowest BCUT2D eigenvalue weighted by molar-refractivity contribution is -0.116. The van der Waals surface area contributed by atoms with E-state index in [1.807, 2.05) is 18.2 Å². The number of nitrogens with one attached hydrogen (secondary N) is 1. The third-order valence-electron chi connectivity index (χ3n) is 3.06. The fourth-order valence-electron chi connectivity index (χ4n) is 1.99. The summed E-state index contributed by atoms with van der Waals surface area (Å²) < 4.78 is 13.0. The maximum atomic E-state index is 13.0. The van der Waals surface area contributed by atoms with Crippen molar-refractivity contribution in [3.63, 3.8) is 0 Å². The molecule has 0 saturated heterocycles. The minimum atomic E-state index is -0.305. The van der Waals surface area contributed by atoms with E-state index in [0.29, 0.717) is 12.1 Å². The second kappa shape index (κ2) is 8.00. The summed E-state index contributed by atoms with van der Waals surface area (Å²) in [5, 5.41) is 2.82. The first-order chi connectivity index (χ1) is 10.2. The van der Waals surface area contributed by atoms with Crippen molar-refractivity contribution in [3.05, 3.63) is 77.6 Å². The number of rotatable bonds is 6. The van der Waals surface area contributed by atoms with Gasteiger partial charge < -0.3 is 5.32 Å². The van der Waals surface area contributed by atoms with E-state index >= 15 is 0 Å². The van der Waals surface area contributed by atoms with Crippen molar-refractivity contribution in [2.75, 3.05) is 6.54 Å². The lowest BCUT2D eigenvalue weighted by Crippen LogP contribution is -2.22. The van der Waals surface area contributed by atoms with Crippen LogP contribution in [0.4, 0.5) is 4.39 Å². The molecule has 0 atom stereocenters. The topological polar surface area (TPSA) is 29.1 Å². The molecule has 1 amide bonds. The predicted molar refractivity (Wildman–Crippen MR) is 83.2 cm³/mol. The molecule has 21 heavy (non-hydrogen) atoms. The molecule has 2 rings (SSSR count). The number of hydrogen-bond acceptors (Lipinski definition) is 1. The van der Waals surface area contributed by atoms with Crippen LogP contribution in [0.1, 0.15) is 17.5 Å². The molecule has 0 radical (unpaired) electrons. The molecule has 0 aliphatic rings. The van der Waals surface area contributed by atoms with Crippen molar-refractivity contribution in [2.45, 2.75) is 12.8 Å². The van der Waals surface area contributed by atoms with Gasteiger partial charge in [0.15, 0.2) is 0 Å². The summed E-state index contributed by atoms with van der Waals surface area (Å²) in [5.74, 6) is -0.465. The molecule has 2 aromatic carbocycles. The molecule has 0 spiro atoms. The second-order valence-corrected chi connectivity index (χ2v) is 4.77. The van der Waals surface area contributed by atoms with Gasteiger partial charge in [-0.1, -0.05) is 42.5 Å². The van der Waals surface area contributed by atoms with Crippen LogP contribution in [0.25, 0.3) is 6.08 Å². The van der Waals surface area contributed by atoms with Gasteiger partial charge in [-0.15, -0.1) is 0 Å². The van der Waals surface area contributed by atoms with Gasteiger partial charge in [0.05, 0.1) is 0 Å². The third kappa shape index (κ3) is 5.61. The number of hydrogen-bond donors (Lipinski definition) is 1. The Hall–Kier alpha value is -2.42. The van der Waals surface area contributed by atoms with Gasteiger partial charge in [0, 0.05) is 12.6 Å². The highest BCUT2D eigenvalue weighted by Gasteiger charge is 1.97. The standard InChI is InChI=1S/C18H18FNO/c19-17-10-4-8-16(14-17)11-12-18(21)20-13-5-9-15-6-2-1-3-7-15/h1-4,6-8,10-12,14H,5,9,13H2,(H,20,21)/b12-11+. The first-order valence-corrected chi connectivity index (χ1v) is 6.99. The largest absolute Gasteiger partial charge is 0.353 e. The molecule has 0 heterocycles. The average molecular weight is 283 g/mol. The molecule has 0 saturated carbocycles. The molecule has 3 heteroatoms. The summed E-state index contributed by atoms with van der Waals surface area (Å²) in [4.78, 5) is 11.6. The summed E-state index contributed by atoms with van der Waals surface area (Å²) >= 11 is 0. The minimum Gasteiger partial charge on any atom is -0.353 e. The fourth-order valence-corrected chi connectivity index (χ4v) is 1.99. The normalized spacial score (nSPS) is 10.7. The third-order valence-corrected chi connectivity index (χ3v) is 3.06. The number of halogens is 1. The Morgan fingerprint density at radius 2 is 1.90 bits per heavy atom. The fraction of sp³-hybridized carbons (Fsp3) is 0.167. The van der Waals surface area contributed by atoms with Crippen molar-refractivity contribution in [3.8, 4) is 0 Å². The van der Waals surface area contributed by atoms with E-state index in [1.165, 1.54) is 23.8 Å². The summed E-state index contributed by atoms with van der Waals surface area (Å²) in [6.45, 7) is 0.626. The van der Waals surface area contributed by atoms with E-state index in [2.05, 4.69) is 17.4 Å². The Labute approximate surface area is 124 Å². The van der Waals surface area contributed by atoms with Crippen LogP contribution in [-0.4, -0.2) is 12.5 Å². The zero-order valence-corrected chi connectivity index (χ0v) is 11.8. The highest BCUT2D eigenvalue weighted by atomic mass is 19.1. The van der Waals surface area contributed by atoms with Gasteiger partial charge in [-0.25, -0.2) is 4.39 Å². The first-order valence-electron chi connectivity index (χ1n) is 6.99. The van der Waals surface area contributed by atoms with Crippen LogP contribution in [0.5, 0.6) is 0 Å². The maximum Gasteiger partial charge on any atom is 0.243 e. The molecule has 0 aliphatic heterocycles. The van der Waals surface area contributed by atoms with E-state index in [1.54, 1.807) is 18.2 Å². The van der Waals surface area contributed by atoms with Gasteiger partial charge in [0.1, 0.15) is 5.82 Å². The number of carbonyl (C=O) groups is 1. The van der Waals surface area contributed by atoms with E-state index in [4.69, 9.17) is 0 Å². The molecule has 0 aromatic heterocycles. The Morgan fingerprint density at radius 1 is 1.10 bits per heavy atom. The van der Waals surface area contributed by atoms with Gasteiger partial charge in [-0.3, -0.25) is 4.79 Å². The van der Waals surface area contributed by atoms with E-state index < -0.39 is 0 Å². The molecule has 1 N–H and O–H groups in total. The summed E-state index contributed by atoms with van der Waals surface area (Å²) in [6.07, 6.45) is 4.87. The van der Waals surface area contributed by atoms with Crippen LogP contribution >= 0.6 is 0 Å². The van der Waals surface area contributed by atoms with Gasteiger partial charge in [-0.2, -0.15) is 0 Å². The van der Waals surface area contributed by atoms with Crippen molar-refractivity contribution in [2.24, 2.45) is 0 Å². The molecule has 0 aliphatic carbocycles. The van der Waals surface area contributed by atoms with Crippen molar-refractivity contribution >= 4 is 12.0 Å². The second-order valence-electron chi connectivity index (χ2n) is 4.77. The first kappa shape index (κ1) is 15.0. The van der Waals surface area contributed by atoms with Crippen molar-refractivity contribution in [1.82, 2.24) is 5.32 Å². The molecular weight excluding hydrogens is 265 g/mol. The molecule has 2 nitrogen and oxygen atoms in total. The summed E-state index contributed by atoms with van der Waals surface area (Å²) in [7, 11) is 0. The summed E-state index contributed by atoms with van der Waals surface area (Å²) in [5.41, 5.74) is 1.94. The van der Waals surface area contributed by atoms with Gasteiger partial charge in [0.25, 0.3) is 0 Å². The minimum absolute atomic E-state index is 0.160. The Bertz CT molecular complexity index is 608. The van der Waals surface area contributed by atoms with Crippen molar-refractivity contribution in [1.29, 1.82) is 0 Å². The smallest absolute Gasteiger partial charge is 0.243 e. The molecule has 0 unspecified atom stereocenters. The SMILES string of the molecule is O=C(/C=C/c1cccc(F)c1)NCCCc1ccccc1. The lowest BCUT2D eigenvalue weighted by atomic mass is 10.1. The highest BCUT2D eigenvalue weighted by Crippen LogP contribution is 2.05. The molecule has 0 fully saturated rings. The Kier molecular flexibility index (Phi) is 5.71. The van der Waals surface area contributed by atoms with Crippen molar-refractivity contribution < 1.29 is 9.18 Å². The summed E-state index contributed by atoms with van der Waals surface area (Å²) in [6, 6.07) is 16.3. The van der Waals surface area contributed by atoms with Crippen LogP contribution < -0.4 is 5.32 Å². The van der Waals surface area contributed by atoms with Gasteiger partial charge in [0.2, 0.25) is 5.91 Å². The van der Waals surface area contributed by atoms with E-state index in [0.717, 1.165) is 12.8 Å². The highest BCUT2D eigenvalue weighted by molar-refractivity contribution is 5.91. The lowest BCUT2D eigenvalue weighted by Gasteiger charge is -2.02. The van der Waals surface area contributed by atoms with Crippen LogP contribution in [0.15, 0.2) is 60.7 Å². The predicted octanol–water partition coefficient (Wildman–Crippen LogP) is 3.59. The number of carbonyl (C=O) groups excluding carboxylic acids is 1. The molecule has 0 bridgehead atoms. The van der Waals surface area contributed by atoms with Crippen LogP contribution in [-0.2, 0) is 11.2 Å². The van der Waals surface area contributed by atoms with Crippen LogP contribution in [0.3, 0.4) is 0 Å². The molecule has 2 aromatic rings. The number of amides is 1.